The molecule has 0 aliphatic heterocycles. The number of carboxylic acids is 1. The summed E-state index contributed by atoms with van der Waals surface area (Å²) in [5.41, 5.74) is 0. The quantitative estimate of drug-likeness (QED) is 0.879. The summed E-state index contributed by atoms with van der Waals surface area (Å²) in [4.78, 5) is 11.0. The van der Waals surface area contributed by atoms with Crippen LogP contribution < -0.4 is 4.74 Å². The maximum absolute atomic E-state index is 10.9. The van der Waals surface area contributed by atoms with Crippen LogP contribution in [0.4, 0.5) is 0 Å². The van der Waals surface area contributed by atoms with Crippen molar-refractivity contribution in [3.8, 4) is 5.75 Å². The summed E-state index contributed by atoms with van der Waals surface area (Å²) in [7, 11) is 1.53. The number of halogens is 1. The second kappa shape index (κ2) is 3.72. The summed E-state index contributed by atoms with van der Waals surface area (Å²) in [5, 5.41) is 9.84. The van der Waals surface area contributed by atoms with Gasteiger partial charge in [-0.1, -0.05) is 17.7 Å². The van der Waals surface area contributed by atoms with E-state index in [0.717, 1.165) is 16.0 Å². The van der Waals surface area contributed by atoms with Gasteiger partial charge in [-0.05, 0) is 12.1 Å². The summed E-state index contributed by atoms with van der Waals surface area (Å²) < 4.78 is 5.95. The summed E-state index contributed by atoms with van der Waals surface area (Å²) in [5.74, 6) is -0.412. The van der Waals surface area contributed by atoms with Crippen LogP contribution in [-0.2, 0) is 0 Å². The lowest BCUT2D eigenvalue weighted by Gasteiger charge is -2.00. The molecule has 0 saturated heterocycles. The van der Waals surface area contributed by atoms with Crippen molar-refractivity contribution in [3.63, 3.8) is 0 Å². The van der Waals surface area contributed by atoms with E-state index in [1.54, 1.807) is 12.1 Å². The summed E-state index contributed by atoms with van der Waals surface area (Å²) >= 11 is 7.14. The Kier molecular flexibility index (Phi) is 2.54. The third-order valence-corrected chi connectivity index (χ3v) is 3.67. The van der Waals surface area contributed by atoms with Crippen molar-refractivity contribution in [2.75, 3.05) is 7.11 Å². The molecule has 0 radical (unpaired) electrons. The molecule has 1 aromatic heterocycles. The molecule has 0 saturated carbocycles. The lowest BCUT2D eigenvalue weighted by molar-refractivity contribution is 0.0702. The molecule has 0 spiro atoms. The van der Waals surface area contributed by atoms with Gasteiger partial charge < -0.3 is 9.84 Å². The highest BCUT2D eigenvalue weighted by Crippen LogP contribution is 2.40. The van der Waals surface area contributed by atoms with Crippen LogP contribution in [0.5, 0.6) is 5.75 Å². The van der Waals surface area contributed by atoms with E-state index in [1.807, 2.05) is 6.07 Å². The number of carboxylic acid groups (broad SMARTS) is 1. The molecule has 0 fully saturated rings. The summed E-state index contributed by atoms with van der Waals surface area (Å²) in [6.45, 7) is 0. The average Bonchev–Trinajstić information content (AvgIpc) is 2.56. The standard InChI is InChI=1S/C10H7ClO3S/c1-14-5-3-2-4-6-7(5)8(11)9(15-6)10(12)13/h2-4H,1H3,(H,12,13). The molecule has 0 bridgehead atoms. The Morgan fingerprint density at radius 3 is 2.87 bits per heavy atom. The summed E-state index contributed by atoms with van der Waals surface area (Å²) in [6.07, 6.45) is 0. The molecular formula is C10H7ClO3S. The zero-order valence-corrected chi connectivity index (χ0v) is 9.35. The second-order valence-electron chi connectivity index (χ2n) is 2.88. The molecule has 1 N–H and O–H groups in total. The number of hydrogen-bond donors (Lipinski definition) is 1. The number of carbonyl (C=O) groups is 1. The molecule has 0 amide bonds. The molecule has 0 aliphatic rings. The molecule has 78 valence electrons. The van der Waals surface area contributed by atoms with Gasteiger partial charge in [0.2, 0.25) is 0 Å². The number of fused-ring (bicyclic) bond motifs is 1. The maximum atomic E-state index is 10.9. The molecule has 0 aliphatic carbocycles. The second-order valence-corrected chi connectivity index (χ2v) is 4.31. The first-order valence-corrected chi connectivity index (χ1v) is 5.33. The fraction of sp³-hybridized carbons (Fsp3) is 0.100. The minimum absolute atomic E-state index is 0.149. The van der Waals surface area contributed by atoms with Crippen LogP contribution in [0, 0.1) is 0 Å². The number of thiophene rings is 1. The normalized spacial score (nSPS) is 10.5. The van der Waals surface area contributed by atoms with Gasteiger partial charge in [0.15, 0.2) is 0 Å². The molecule has 2 rings (SSSR count). The first-order chi connectivity index (χ1) is 7.15. The van der Waals surface area contributed by atoms with Gasteiger partial charge in [-0.3, -0.25) is 0 Å². The number of rotatable bonds is 2. The predicted molar refractivity (Wildman–Crippen MR) is 60.3 cm³/mol. The van der Waals surface area contributed by atoms with Crippen molar-refractivity contribution in [3.05, 3.63) is 28.1 Å². The van der Waals surface area contributed by atoms with E-state index in [4.69, 9.17) is 21.4 Å². The first-order valence-electron chi connectivity index (χ1n) is 4.13. The van der Waals surface area contributed by atoms with Crippen molar-refractivity contribution < 1.29 is 14.6 Å². The monoisotopic (exact) mass is 242 g/mol. The Balaban J connectivity index is 2.82. The SMILES string of the molecule is COc1cccc2sc(C(=O)O)c(Cl)c12. The highest BCUT2D eigenvalue weighted by molar-refractivity contribution is 7.21. The first kappa shape index (κ1) is 10.3. The van der Waals surface area contributed by atoms with Gasteiger partial charge in [0, 0.05) is 4.70 Å². The molecule has 3 nitrogen and oxygen atoms in total. The number of methoxy groups -OCH3 is 1. The van der Waals surface area contributed by atoms with Crippen LogP contribution in [0.25, 0.3) is 10.1 Å². The zero-order chi connectivity index (χ0) is 11.0. The third kappa shape index (κ3) is 1.56. The van der Waals surface area contributed by atoms with Crippen molar-refractivity contribution in [2.24, 2.45) is 0 Å². The molecular weight excluding hydrogens is 236 g/mol. The van der Waals surface area contributed by atoms with Crippen LogP contribution in [0.3, 0.4) is 0 Å². The Morgan fingerprint density at radius 1 is 1.53 bits per heavy atom. The van der Waals surface area contributed by atoms with E-state index in [-0.39, 0.29) is 9.90 Å². The minimum atomic E-state index is -1.01. The van der Waals surface area contributed by atoms with Crippen LogP contribution in [-0.4, -0.2) is 18.2 Å². The Labute approximate surface area is 94.9 Å². The van der Waals surface area contributed by atoms with E-state index in [0.29, 0.717) is 11.1 Å². The van der Waals surface area contributed by atoms with Crippen LogP contribution in [0.2, 0.25) is 5.02 Å². The largest absolute Gasteiger partial charge is 0.496 e. The minimum Gasteiger partial charge on any atom is -0.496 e. The van der Waals surface area contributed by atoms with Crippen molar-refractivity contribution >= 4 is 39.0 Å². The molecule has 0 unspecified atom stereocenters. The third-order valence-electron chi connectivity index (χ3n) is 2.03. The fourth-order valence-corrected chi connectivity index (χ4v) is 2.79. The van der Waals surface area contributed by atoms with Crippen LogP contribution in [0.1, 0.15) is 9.67 Å². The molecule has 1 aromatic carbocycles. The number of aromatic carboxylic acids is 1. The Morgan fingerprint density at radius 2 is 2.27 bits per heavy atom. The van der Waals surface area contributed by atoms with E-state index < -0.39 is 5.97 Å². The lowest BCUT2D eigenvalue weighted by Crippen LogP contribution is -1.91. The average molecular weight is 243 g/mol. The van der Waals surface area contributed by atoms with Crippen molar-refractivity contribution in [2.45, 2.75) is 0 Å². The van der Waals surface area contributed by atoms with E-state index in [2.05, 4.69) is 0 Å². The lowest BCUT2D eigenvalue weighted by atomic mass is 10.2. The Hall–Kier alpha value is -1.26. The van der Waals surface area contributed by atoms with Crippen molar-refractivity contribution in [1.82, 2.24) is 0 Å². The van der Waals surface area contributed by atoms with Gasteiger partial charge in [-0.15, -0.1) is 11.3 Å². The molecule has 0 atom stereocenters. The van der Waals surface area contributed by atoms with Gasteiger partial charge in [-0.25, -0.2) is 4.79 Å². The van der Waals surface area contributed by atoms with Gasteiger partial charge in [0.1, 0.15) is 10.6 Å². The van der Waals surface area contributed by atoms with Crippen LogP contribution >= 0.6 is 22.9 Å². The van der Waals surface area contributed by atoms with E-state index >= 15 is 0 Å². The number of benzene rings is 1. The zero-order valence-electron chi connectivity index (χ0n) is 7.78. The molecule has 1 heterocycles. The summed E-state index contributed by atoms with van der Waals surface area (Å²) in [6, 6.07) is 5.38. The van der Waals surface area contributed by atoms with Crippen LogP contribution in [0.15, 0.2) is 18.2 Å². The topological polar surface area (TPSA) is 46.5 Å². The van der Waals surface area contributed by atoms with Gasteiger partial charge in [0.05, 0.1) is 17.5 Å². The Bertz CT molecular complexity index is 533. The maximum Gasteiger partial charge on any atom is 0.347 e. The smallest absolute Gasteiger partial charge is 0.347 e. The van der Waals surface area contributed by atoms with Crippen molar-refractivity contribution in [1.29, 1.82) is 0 Å². The van der Waals surface area contributed by atoms with Gasteiger partial charge >= 0.3 is 5.97 Å². The van der Waals surface area contributed by atoms with Gasteiger partial charge in [0.25, 0.3) is 0 Å². The molecule has 2 aromatic rings. The molecule has 5 heteroatoms. The van der Waals surface area contributed by atoms with E-state index in [1.165, 1.54) is 7.11 Å². The fourth-order valence-electron chi connectivity index (χ4n) is 1.39. The van der Waals surface area contributed by atoms with E-state index in [9.17, 15) is 4.79 Å². The molecule has 15 heavy (non-hydrogen) atoms. The highest BCUT2D eigenvalue weighted by atomic mass is 35.5. The predicted octanol–water partition coefficient (Wildman–Crippen LogP) is 3.26. The number of hydrogen-bond acceptors (Lipinski definition) is 3. The number of ether oxygens (including phenoxy) is 1. The highest BCUT2D eigenvalue weighted by Gasteiger charge is 2.18. The van der Waals surface area contributed by atoms with Gasteiger partial charge in [-0.2, -0.15) is 0 Å².